The van der Waals surface area contributed by atoms with Crippen LogP contribution < -0.4 is 0 Å². The van der Waals surface area contributed by atoms with Crippen molar-refractivity contribution in [3.05, 3.63) is 35.1 Å². The summed E-state index contributed by atoms with van der Waals surface area (Å²) in [6.45, 7) is 7.24. The van der Waals surface area contributed by atoms with E-state index in [0.717, 1.165) is 25.7 Å². The maximum absolute atomic E-state index is 13.9. The van der Waals surface area contributed by atoms with Gasteiger partial charge in [0, 0.05) is 25.7 Å². The van der Waals surface area contributed by atoms with Gasteiger partial charge in [0.05, 0.1) is 17.2 Å². The van der Waals surface area contributed by atoms with Crippen LogP contribution in [-0.4, -0.2) is 47.9 Å². The number of carbonyl (C=O) groups is 1. The highest BCUT2D eigenvalue weighted by Gasteiger charge is 2.28. The van der Waals surface area contributed by atoms with E-state index in [4.69, 9.17) is 5.26 Å². The molecule has 1 amide bonds. The molecular formula is C15H18FN3O. The molecule has 1 saturated heterocycles. The number of rotatable bonds is 2. The molecule has 0 unspecified atom stereocenters. The number of amides is 1. The van der Waals surface area contributed by atoms with Crippen LogP contribution in [0, 0.1) is 17.1 Å². The second-order valence-electron chi connectivity index (χ2n) is 5.05. The predicted molar refractivity (Wildman–Crippen MR) is 73.7 cm³/mol. The predicted octanol–water partition coefficient (Wildman–Crippen LogP) is 1.86. The molecule has 1 aromatic carbocycles. The molecule has 1 heterocycles. The summed E-state index contributed by atoms with van der Waals surface area (Å²) >= 11 is 0. The highest BCUT2D eigenvalue weighted by atomic mass is 19.1. The van der Waals surface area contributed by atoms with Crippen molar-refractivity contribution in [3.63, 3.8) is 0 Å². The molecule has 5 heteroatoms. The number of nitriles is 1. The van der Waals surface area contributed by atoms with Gasteiger partial charge in [0.15, 0.2) is 0 Å². The summed E-state index contributed by atoms with van der Waals surface area (Å²) in [5.74, 6) is -0.922. The molecule has 1 aliphatic rings. The summed E-state index contributed by atoms with van der Waals surface area (Å²) in [6.07, 6.45) is 0. The highest BCUT2D eigenvalue weighted by Crippen LogP contribution is 2.17. The van der Waals surface area contributed by atoms with E-state index in [1.807, 2.05) is 13.0 Å². The van der Waals surface area contributed by atoms with Crippen LogP contribution in [-0.2, 0) is 0 Å². The fourth-order valence-electron chi connectivity index (χ4n) is 2.53. The number of benzene rings is 1. The van der Waals surface area contributed by atoms with E-state index in [1.54, 1.807) is 4.90 Å². The van der Waals surface area contributed by atoms with E-state index >= 15 is 0 Å². The Kier molecular flexibility index (Phi) is 4.35. The molecule has 1 aliphatic heterocycles. The zero-order valence-corrected chi connectivity index (χ0v) is 11.8. The Morgan fingerprint density at radius 1 is 1.50 bits per heavy atom. The van der Waals surface area contributed by atoms with Gasteiger partial charge in [-0.05, 0) is 31.7 Å². The summed E-state index contributed by atoms with van der Waals surface area (Å²) in [4.78, 5) is 16.4. The zero-order chi connectivity index (χ0) is 14.7. The third-order valence-corrected chi connectivity index (χ3v) is 3.75. The molecule has 0 saturated carbocycles. The summed E-state index contributed by atoms with van der Waals surface area (Å²) in [5.41, 5.74) is 0.267. The molecule has 2 rings (SSSR count). The van der Waals surface area contributed by atoms with Gasteiger partial charge in [-0.1, -0.05) is 6.92 Å². The van der Waals surface area contributed by atoms with Crippen molar-refractivity contribution in [2.45, 2.75) is 19.9 Å². The van der Waals surface area contributed by atoms with Gasteiger partial charge in [-0.3, -0.25) is 9.69 Å². The van der Waals surface area contributed by atoms with Crippen LogP contribution >= 0.6 is 0 Å². The van der Waals surface area contributed by atoms with Crippen molar-refractivity contribution in [1.82, 2.24) is 9.80 Å². The summed E-state index contributed by atoms with van der Waals surface area (Å²) in [7, 11) is 0. The van der Waals surface area contributed by atoms with Crippen LogP contribution in [0.15, 0.2) is 18.2 Å². The van der Waals surface area contributed by atoms with Crippen LogP contribution in [0.5, 0.6) is 0 Å². The van der Waals surface area contributed by atoms with Crippen LogP contribution in [0.1, 0.15) is 29.8 Å². The lowest BCUT2D eigenvalue weighted by molar-refractivity contribution is 0.0495. The van der Waals surface area contributed by atoms with Gasteiger partial charge < -0.3 is 4.90 Å². The molecule has 0 spiro atoms. The van der Waals surface area contributed by atoms with Gasteiger partial charge in [0.2, 0.25) is 0 Å². The molecule has 1 aromatic rings. The molecule has 4 nitrogen and oxygen atoms in total. The van der Waals surface area contributed by atoms with Crippen LogP contribution in [0.2, 0.25) is 0 Å². The normalized spacial score (nSPS) is 19.7. The smallest absolute Gasteiger partial charge is 0.257 e. The van der Waals surface area contributed by atoms with E-state index in [-0.39, 0.29) is 23.1 Å². The number of piperazine rings is 1. The molecule has 0 aromatic heterocycles. The van der Waals surface area contributed by atoms with Gasteiger partial charge >= 0.3 is 0 Å². The lowest BCUT2D eigenvalue weighted by Gasteiger charge is -2.39. The molecule has 0 bridgehead atoms. The number of nitrogens with zero attached hydrogens (tertiary/aromatic N) is 3. The van der Waals surface area contributed by atoms with Crippen LogP contribution in [0.25, 0.3) is 0 Å². The van der Waals surface area contributed by atoms with Gasteiger partial charge in [0.25, 0.3) is 5.91 Å². The number of carbonyl (C=O) groups excluding carboxylic acids is 1. The van der Waals surface area contributed by atoms with Gasteiger partial charge in [-0.2, -0.15) is 5.26 Å². The Hall–Kier alpha value is -1.93. The molecule has 106 valence electrons. The van der Waals surface area contributed by atoms with Crippen molar-refractivity contribution in [2.24, 2.45) is 0 Å². The highest BCUT2D eigenvalue weighted by molar-refractivity contribution is 5.95. The SMILES string of the molecule is CCN1CCN(C(=O)c2ccc(C#N)cc2F)[C@H](C)C1. The minimum atomic E-state index is -0.626. The fraction of sp³-hybridized carbons (Fsp3) is 0.467. The first-order valence-corrected chi connectivity index (χ1v) is 6.79. The Labute approximate surface area is 118 Å². The lowest BCUT2D eigenvalue weighted by Crippen LogP contribution is -2.53. The molecule has 1 atom stereocenters. The molecule has 0 radical (unpaired) electrons. The second-order valence-corrected chi connectivity index (χ2v) is 5.05. The first kappa shape index (κ1) is 14.5. The summed E-state index contributed by atoms with van der Waals surface area (Å²) in [6, 6.07) is 5.91. The van der Waals surface area contributed by atoms with Crippen molar-refractivity contribution in [3.8, 4) is 6.07 Å². The minimum Gasteiger partial charge on any atom is -0.333 e. The van der Waals surface area contributed by atoms with E-state index in [2.05, 4.69) is 11.8 Å². The molecular weight excluding hydrogens is 257 g/mol. The number of halogens is 1. The van der Waals surface area contributed by atoms with E-state index in [9.17, 15) is 9.18 Å². The monoisotopic (exact) mass is 275 g/mol. The molecule has 0 N–H and O–H groups in total. The van der Waals surface area contributed by atoms with E-state index < -0.39 is 5.82 Å². The Bertz CT molecular complexity index is 553. The Balaban J connectivity index is 2.18. The lowest BCUT2D eigenvalue weighted by atomic mass is 10.1. The third-order valence-electron chi connectivity index (χ3n) is 3.75. The maximum Gasteiger partial charge on any atom is 0.257 e. The third kappa shape index (κ3) is 2.81. The van der Waals surface area contributed by atoms with Gasteiger partial charge in [0.1, 0.15) is 5.82 Å². The second kappa shape index (κ2) is 6.02. The molecule has 1 fully saturated rings. The van der Waals surface area contributed by atoms with Gasteiger partial charge in [-0.25, -0.2) is 4.39 Å². The standard InChI is InChI=1S/C15H18FN3O/c1-3-18-6-7-19(11(2)10-18)15(20)13-5-4-12(9-17)8-14(13)16/h4-5,8,11H,3,6-7,10H2,1-2H3/t11-/m1/s1. The minimum absolute atomic E-state index is 0.0424. The maximum atomic E-state index is 13.9. The number of likely N-dealkylation sites (N-methyl/N-ethyl adjacent to an activating group) is 1. The topological polar surface area (TPSA) is 47.3 Å². The van der Waals surface area contributed by atoms with Gasteiger partial charge in [-0.15, -0.1) is 0 Å². The Morgan fingerprint density at radius 2 is 2.25 bits per heavy atom. The summed E-state index contributed by atoms with van der Waals surface area (Å²) < 4.78 is 13.9. The van der Waals surface area contributed by atoms with Crippen LogP contribution in [0.3, 0.4) is 0 Å². The number of hydrogen-bond acceptors (Lipinski definition) is 3. The average Bonchev–Trinajstić information content (AvgIpc) is 2.46. The molecule has 20 heavy (non-hydrogen) atoms. The zero-order valence-electron chi connectivity index (χ0n) is 11.8. The van der Waals surface area contributed by atoms with Crippen molar-refractivity contribution >= 4 is 5.91 Å². The quantitative estimate of drug-likeness (QED) is 0.827. The fourth-order valence-corrected chi connectivity index (χ4v) is 2.53. The van der Waals surface area contributed by atoms with Crippen molar-refractivity contribution in [1.29, 1.82) is 5.26 Å². The Morgan fingerprint density at radius 3 is 2.80 bits per heavy atom. The van der Waals surface area contributed by atoms with E-state index in [1.165, 1.54) is 12.1 Å². The molecule has 0 aliphatic carbocycles. The number of hydrogen-bond donors (Lipinski definition) is 0. The first-order valence-electron chi connectivity index (χ1n) is 6.79. The van der Waals surface area contributed by atoms with Crippen molar-refractivity contribution in [2.75, 3.05) is 26.2 Å². The van der Waals surface area contributed by atoms with Crippen LogP contribution in [0.4, 0.5) is 4.39 Å². The largest absolute Gasteiger partial charge is 0.333 e. The average molecular weight is 275 g/mol. The van der Waals surface area contributed by atoms with E-state index in [0.29, 0.717) is 6.54 Å². The summed E-state index contributed by atoms with van der Waals surface area (Å²) in [5, 5.41) is 8.72. The first-order chi connectivity index (χ1) is 9.56. The van der Waals surface area contributed by atoms with Crippen molar-refractivity contribution < 1.29 is 9.18 Å².